The molecule has 0 aromatic carbocycles. The molecule has 7 heteroatoms. The molecule has 6 nitrogen and oxygen atoms in total. The molecule has 0 aliphatic heterocycles. The third-order valence-electron chi connectivity index (χ3n) is 2.68. The highest BCUT2D eigenvalue weighted by Gasteiger charge is 2.16. The Balaban J connectivity index is -0.0000000213. The summed E-state index contributed by atoms with van der Waals surface area (Å²) in [6.07, 6.45) is 0. The first-order valence-electron chi connectivity index (χ1n) is 4.09. The van der Waals surface area contributed by atoms with Crippen LogP contribution in [-0.4, -0.2) is 58.0 Å². The third-order valence-corrected chi connectivity index (χ3v) is 2.68. The Kier molecular flexibility index (Phi) is 72.9. The quantitative estimate of drug-likeness (QED) is 0.429. The van der Waals surface area contributed by atoms with E-state index in [2.05, 4.69) is 27.7 Å². The molecule has 0 saturated carbocycles. The van der Waals surface area contributed by atoms with Crippen molar-refractivity contribution < 1.29 is 36.6 Å². The molecule has 0 saturated heterocycles. The number of halogens is 1. The zero-order chi connectivity index (χ0) is 7.33. The van der Waals surface area contributed by atoms with Crippen LogP contribution in [0.25, 0.3) is 0 Å². The Morgan fingerprint density at radius 1 is 0.533 bits per heavy atom. The third kappa shape index (κ3) is 13.7. The van der Waals surface area contributed by atoms with E-state index in [1.54, 1.807) is 0 Å². The molecule has 0 aliphatic carbocycles. The van der Waals surface area contributed by atoms with Crippen LogP contribution in [-0.2, 0) is 0 Å². The molecular weight excluding hydrogens is 209 g/mol. The summed E-state index contributed by atoms with van der Waals surface area (Å²) in [5.41, 5.74) is 0. The van der Waals surface area contributed by atoms with E-state index in [9.17, 15) is 0 Å². The van der Waals surface area contributed by atoms with Crippen molar-refractivity contribution in [2.45, 2.75) is 27.7 Å². The molecule has 0 spiro atoms. The van der Waals surface area contributed by atoms with Crippen LogP contribution in [0.4, 0.5) is 0 Å². The summed E-state index contributed by atoms with van der Waals surface area (Å²) in [6, 6.07) is 0. The zero-order valence-electron chi connectivity index (χ0n) is 10.2. The van der Waals surface area contributed by atoms with Crippen molar-refractivity contribution in [1.82, 2.24) is 0 Å². The molecule has 104 valence electrons. The second-order valence-corrected chi connectivity index (χ2v) is 2.61. The number of hydrogen-bond acceptors (Lipinski definition) is 0. The first-order chi connectivity index (χ1) is 4.24. The van der Waals surface area contributed by atoms with Gasteiger partial charge >= 0.3 is 0 Å². The summed E-state index contributed by atoms with van der Waals surface area (Å²) in [5.74, 6) is 0. The Morgan fingerprint density at radius 2 is 0.667 bits per heavy atom. The van der Waals surface area contributed by atoms with Crippen LogP contribution in [0.5, 0.6) is 0 Å². The summed E-state index contributed by atoms with van der Waals surface area (Å²) >= 11 is 0. The maximum atomic E-state index is 2.27. The van der Waals surface area contributed by atoms with Crippen molar-refractivity contribution in [3.8, 4) is 0 Å². The van der Waals surface area contributed by atoms with Crippen LogP contribution in [0, 0.1) is 0 Å². The van der Waals surface area contributed by atoms with Gasteiger partial charge in [0.1, 0.15) is 0 Å². The SMILES string of the molecule is CC[N+](CC)(CC)CC.O.O.O.O.O.[F-]. The summed E-state index contributed by atoms with van der Waals surface area (Å²) in [4.78, 5) is 0. The van der Waals surface area contributed by atoms with Crippen molar-refractivity contribution >= 4 is 0 Å². The molecule has 0 rings (SSSR count). The van der Waals surface area contributed by atoms with Gasteiger partial charge in [0.05, 0.1) is 26.2 Å². The first-order valence-corrected chi connectivity index (χ1v) is 4.09. The predicted molar refractivity (Wildman–Crippen MR) is 60.5 cm³/mol. The lowest BCUT2D eigenvalue weighted by Crippen LogP contribution is -3.00. The summed E-state index contributed by atoms with van der Waals surface area (Å²) in [6.45, 7) is 14.2. The molecule has 0 fully saturated rings. The van der Waals surface area contributed by atoms with E-state index in [0.29, 0.717) is 0 Å². The fourth-order valence-corrected chi connectivity index (χ4v) is 1.34. The van der Waals surface area contributed by atoms with E-state index in [1.807, 2.05) is 0 Å². The van der Waals surface area contributed by atoms with Gasteiger partial charge in [-0.05, 0) is 27.7 Å². The van der Waals surface area contributed by atoms with Gasteiger partial charge in [0.25, 0.3) is 0 Å². The second-order valence-electron chi connectivity index (χ2n) is 2.61. The van der Waals surface area contributed by atoms with E-state index in [4.69, 9.17) is 0 Å². The maximum Gasteiger partial charge on any atom is 0.0757 e. The van der Waals surface area contributed by atoms with Crippen molar-refractivity contribution in [3.05, 3.63) is 0 Å². The van der Waals surface area contributed by atoms with Gasteiger partial charge in [-0.15, -0.1) is 0 Å². The van der Waals surface area contributed by atoms with E-state index in [1.165, 1.54) is 30.7 Å². The smallest absolute Gasteiger partial charge is 0.0757 e. The van der Waals surface area contributed by atoms with Gasteiger partial charge in [-0.2, -0.15) is 0 Å². The lowest BCUT2D eigenvalue weighted by atomic mass is 10.3. The minimum atomic E-state index is 0. The molecule has 0 atom stereocenters. The maximum absolute atomic E-state index is 2.27. The monoisotopic (exact) mass is 239 g/mol. The van der Waals surface area contributed by atoms with Gasteiger partial charge in [0.2, 0.25) is 0 Å². The highest BCUT2D eigenvalue weighted by atomic mass is 19.0. The van der Waals surface area contributed by atoms with Crippen LogP contribution >= 0.6 is 0 Å². The standard InChI is InChI=1S/C8H20N.FH.5H2O/c1-5-9(6-2,7-3)8-4;;;;;;/h5-8H2,1-4H3;1H;5*1H2/q+1;;;;;;/p-1. The highest BCUT2D eigenvalue weighted by molar-refractivity contribution is 4.31. The minimum Gasteiger partial charge on any atom is -1.00 e. The van der Waals surface area contributed by atoms with Crippen molar-refractivity contribution in [2.24, 2.45) is 0 Å². The van der Waals surface area contributed by atoms with E-state index < -0.39 is 0 Å². The van der Waals surface area contributed by atoms with Crippen molar-refractivity contribution in [1.29, 1.82) is 0 Å². The Hall–Kier alpha value is -0.310. The van der Waals surface area contributed by atoms with E-state index in [0.717, 1.165) is 0 Å². The topological polar surface area (TPSA) is 158 Å². The fraction of sp³-hybridized carbons (Fsp3) is 1.00. The average molecular weight is 239 g/mol. The Morgan fingerprint density at radius 3 is 0.667 bits per heavy atom. The number of nitrogens with zero attached hydrogens (tertiary/aromatic N) is 1. The van der Waals surface area contributed by atoms with Crippen LogP contribution in [0.1, 0.15) is 27.7 Å². The van der Waals surface area contributed by atoms with Gasteiger partial charge in [-0.25, -0.2) is 0 Å². The van der Waals surface area contributed by atoms with Gasteiger partial charge in [0.15, 0.2) is 0 Å². The number of quaternary nitrogens is 1. The van der Waals surface area contributed by atoms with Crippen molar-refractivity contribution in [3.63, 3.8) is 0 Å². The molecular formula is C8H30FNO5. The molecule has 0 aliphatic rings. The molecule has 0 bridgehead atoms. The number of rotatable bonds is 4. The van der Waals surface area contributed by atoms with Gasteiger partial charge in [-0.1, -0.05) is 0 Å². The normalized spacial score (nSPS) is 7.20. The molecule has 10 N–H and O–H groups in total. The molecule has 0 aromatic heterocycles. The summed E-state index contributed by atoms with van der Waals surface area (Å²) in [5, 5.41) is 0. The highest BCUT2D eigenvalue weighted by Crippen LogP contribution is 2.03. The Labute approximate surface area is 91.4 Å². The summed E-state index contributed by atoms with van der Waals surface area (Å²) < 4.78 is 1.28. The van der Waals surface area contributed by atoms with Crippen LogP contribution < -0.4 is 4.70 Å². The largest absolute Gasteiger partial charge is 1.00 e. The van der Waals surface area contributed by atoms with Crippen LogP contribution in [0.15, 0.2) is 0 Å². The molecule has 0 unspecified atom stereocenters. The van der Waals surface area contributed by atoms with Gasteiger partial charge in [0, 0.05) is 0 Å². The molecule has 0 heterocycles. The zero-order valence-corrected chi connectivity index (χ0v) is 10.2. The molecule has 0 amide bonds. The molecule has 15 heavy (non-hydrogen) atoms. The van der Waals surface area contributed by atoms with Crippen molar-refractivity contribution in [2.75, 3.05) is 26.2 Å². The van der Waals surface area contributed by atoms with E-state index >= 15 is 0 Å². The fourth-order valence-electron chi connectivity index (χ4n) is 1.34. The van der Waals surface area contributed by atoms with Gasteiger partial charge < -0.3 is 36.6 Å². The van der Waals surface area contributed by atoms with E-state index in [-0.39, 0.29) is 32.1 Å². The van der Waals surface area contributed by atoms with Crippen LogP contribution in [0.2, 0.25) is 0 Å². The lowest BCUT2D eigenvalue weighted by molar-refractivity contribution is -0.921. The Bertz CT molecular complexity index is 65.9. The number of hydrogen-bond donors (Lipinski definition) is 0. The molecule has 0 radical (unpaired) electrons. The average Bonchev–Trinajstić information content (AvgIpc) is 1.95. The minimum absolute atomic E-state index is 0. The second kappa shape index (κ2) is 23.5. The van der Waals surface area contributed by atoms with Crippen LogP contribution in [0.3, 0.4) is 0 Å². The molecule has 0 aromatic rings. The first kappa shape index (κ1) is 46.6. The van der Waals surface area contributed by atoms with Gasteiger partial charge in [-0.3, -0.25) is 0 Å². The summed E-state index contributed by atoms with van der Waals surface area (Å²) in [7, 11) is 0. The lowest BCUT2D eigenvalue weighted by Gasteiger charge is -2.34. The predicted octanol–water partition coefficient (Wildman–Crippen LogP) is -5.24.